The van der Waals surface area contributed by atoms with Crippen LogP contribution in [0.2, 0.25) is 0 Å². The van der Waals surface area contributed by atoms with Crippen LogP contribution in [-0.2, 0) is 10.7 Å². The van der Waals surface area contributed by atoms with Crippen LogP contribution in [0.4, 0.5) is 17.6 Å². The zero-order valence-electron chi connectivity index (χ0n) is 7.31. The summed E-state index contributed by atoms with van der Waals surface area (Å²) >= 11 is 0. The maximum Gasteiger partial charge on any atom is 0.423 e. The van der Waals surface area contributed by atoms with E-state index in [0.29, 0.717) is 7.11 Å². The fourth-order valence-electron chi connectivity index (χ4n) is 0.944. The molecule has 0 N–H and O–H groups in total. The molecule has 0 saturated carbocycles. The van der Waals surface area contributed by atoms with Crippen molar-refractivity contribution < 1.29 is 22.3 Å². The summed E-state index contributed by atoms with van der Waals surface area (Å²) in [5.41, 5.74) is -0.771. The van der Waals surface area contributed by atoms with Crippen molar-refractivity contribution in [2.45, 2.75) is 12.0 Å². The molecule has 0 aromatic heterocycles. The van der Waals surface area contributed by atoms with Crippen molar-refractivity contribution in [2.24, 2.45) is 0 Å². The summed E-state index contributed by atoms with van der Waals surface area (Å²) in [6.45, 7) is 0. The zero-order chi connectivity index (χ0) is 10.8. The number of methoxy groups -OCH3 is 1. The van der Waals surface area contributed by atoms with Gasteiger partial charge in [-0.3, -0.25) is 0 Å². The number of ether oxygens (including phenoxy) is 1. The Bertz CT molecular complexity index is 297. The molecule has 14 heavy (non-hydrogen) atoms. The van der Waals surface area contributed by atoms with Gasteiger partial charge in [0.2, 0.25) is 0 Å². The van der Waals surface area contributed by atoms with Gasteiger partial charge >= 0.3 is 12.0 Å². The monoisotopic (exact) mass is 208 g/mol. The van der Waals surface area contributed by atoms with Crippen LogP contribution in [0.3, 0.4) is 0 Å². The average Bonchev–Trinajstić information content (AvgIpc) is 2.19. The molecule has 0 saturated heterocycles. The van der Waals surface area contributed by atoms with Crippen LogP contribution in [-0.4, -0.2) is 13.2 Å². The van der Waals surface area contributed by atoms with Gasteiger partial charge < -0.3 is 4.74 Å². The van der Waals surface area contributed by atoms with E-state index in [2.05, 4.69) is 4.74 Å². The highest BCUT2D eigenvalue weighted by Crippen LogP contribution is 2.42. The van der Waals surface area contributed by atoms with Crippen LogP contribution in [0, 0.1) is 0 Å². The Balaban J connectivity index is 3.08. The SMILES string of the molecule is COC(F)(F)C(F)(F)c1ccccc1. The normalized spacial score (nSPS) is 12.9. The Morgan fingerprint density at radius 2 is 1.50 bits per heavy atom. The minimum absolute atomic E-state index is 0.539. The van der Waals surface area contributed by atoms with Crippen molar-refractivity contribution in [1.29, 1.82) is 0 Å². The Morgan fingerprint density at radius 3 is 1.93 bits per heavy atom. The molecule has 0 aliphatic heterocycles. The standard InChI is InChI=1S/C9H8F4O/c1-14-9(12,13)8(10,11)7-5-3-2-4-6-7/h2-6H,1H3. The Labute approximate surface area is 78.3 Å². The maximum absolute atomic E-state index is 13.1. The predicted molar refractivity (Wildman–Crippen MR) is 42.3 cm³/mol. The van der Waals surface area contributed by atoms with Gasteiger partial charge in [-0.05, 0) is 0 Å². The molecule has 0 heterocycles. The highest BCUT2D eigenvalue weighted by molar-refractivity contribution is 5.21. The topological polar surface area (TPSA) is 9.23 Å². The number of halogens is 4. The van der Waals surface area contributed by atoms with Gasteiger partial charge in [-0.2, -0.15) is 17.6 Å². The van der Waals surface area contributed by atoms with Gasteiger partial charge in [0.15, 0.2) is 0 Å². The fraction of sp³-hybridized carbons (Fsp3) is 0.333. The van der Waals surface area contributed by atoms with Gasteiger partial charge in [0.05, 0.1) is 0 Å². The molecule has 0 fully saturated rings. The lowest BCUT2D eigenvalue weighted by Crippen LogP contribution is -2.39. The number of hydrogen-bond acceptors (Lipinski definition) is 1. The zero-order valence-corrected chi connectivity index (χ0v) is 7.31. The molecule has 0 bridgehead atoms. The van der Waals surface area contributed by atoms with Crippen molar-refractivity contribution in [3.8, 4) is 0 Å². The fourth-order valence-corrected chi connectivity index (χ4v) is 0.944. The van der Waals surface area contributed by atoms with Crippen LogP contribution >= 0.6 is 0 Å². The molecule has 0 radical (unpaired) electrons. The van der Waals surface area contributed by atoms with Crippen molar-refractivity contribution in [1.82, 2.24) is 0 Å². The summed E-state index contributed by atoms with van der Waals surface area (Å²) < 4.78 is 54.9. The van der Waals surface area contributed by atoms with Gasteiger partial charge in [-0.1, -0.05) is 30.3 Å². The quantitative estimate of drug-likeness (QED) is 0.694. The molecule has 5 heteroatoms. The smallest absolute Gasteiger partial charge is 0.319 e. The van der Waals surface area contributed by atoms with Gasteiger partial charge in [-0.25, -0.2) is 0 Å². The number of hydrogen-bond donors (Lipinski definition) is 0. The first-order valence-corrected chi connectivity index (χ1v) is 3.78. The van der Waals surface area contributed by atoms with E-state index in [9.17, 15) is 17.6 Å². The molecule has 0 aliphatic rings. The molecule has 1 nitrogen and oxygen atoms in total. The lowest BCUT2D eigenvalue weighted by Gasteiger charge is -2.24. The molecule has 1 aromatic rings. The molecule has 78 valence electrons. The van der Waals surface area contributed by atoms with E-state index < -0.39 is 17.6 Å². The molecule has 1 aromatic carbocycles. The maximum atomic E-state index is 13.1. The summed E-state index contributed by atoms with van der Waals surface area (Å²) in [6.07, 6.45) is -4.49. The second-order valence-corrected chi connectivity index (χ2v) is 2.66. The molecule has 0 unspecified atom stereocenters. The first kappa shape index (κ1) is 11.0. The van der Waals surface area contributed by atoms with Crippen LogP contribution in [0.25, 0.3) is 0 Å². The van der Waals surface area contributed by atoms with Crippen LogP contribution in [0.1, 0.15) is 5.56 Å². The lowest BCUT2D eigenvalue weighted by molar-refractivity contribution is -0.344. The summed E-state index contributed by atoms with van der Waals surface area (Å²) in [7, 11) is 0.539. The minimum atomic E-state index is -4.49. The highest BCUT2D eigenvalue weighted by Gasteiger charge is 2.58. The number of benzene rings is 1. The van der Waals surface area contributed by atoms with Crippen molar-refractivity contribution in [3.05, 3.63) is 35.9 Å². The number of alkyl halides is 4. The third kappa shape index (κ3) is 1.72. The van der Waals surface area contributed by atoms with E-state index in [1.54, 1.807) is 0 Å². The summed E-state index contributed by atoms with van der Waals surface area (Å²) in [5, 5.41) is 0. The van der Waals surface area contributed by atoms with Crippen LogP contribution < -0.4 is 0 Å². The highest BCUT2D eigenvalue weighted by atomic mass is 19.3. The van der Waals surface area contributed by atoms with Gasteiger partial charge in [0.1, 0.15) is 0 Å². The predicted octanol–water partition coefficient (Wildman–Crippen LogP) is 3.02. The molecule has 0 amide bonds. The van der Waals surface area contributed by atoms with Gasteiger partial charge in [-0.15, -0.1) is 0 Å². The van der Waals surface area contributed by atoms with E-state index >= 15 is 0 Å². The average molecular weight is 208 g/mol. The van der Waals surface area contributed by atoms with E-state index in [0.717, 1.165) is 12.1 Å². The second kappa shape index (κ2) is 3.57. The van der Waals surface area contributed by atoms with E-state index in [1.165, 1.54) is 18.2 Å². The van der Waals surface area contributed by atoms with Crippen molar-refractivity contribution in [3.63, 3.8) is 0 Å². The van der Waals surface area contributed by atoms with Crippen molar-refractivity contribution >= 4 is 0 Å². The third-order valence-electron chi connectivity index (χ3n) is 1.76. The van der Waals surface area contributed by atoms with Crippen molar-refractivity contribution in [2.75, 3.05) is 7.11 Å². The summed E-state index contributed by atoms with van der Waals surface area (Å²) in [4.78, 5) is 0. The molecular weight excluding hydrogens is 200 g/mol. The van der Waals surface area contributed by atoms with E-state index in [1.807, 2.05) is 0 Å². The largest absolute Gasteiger partial charge is 0.423 e. The Morgan fingerprint density at radius 1 is 1.00 bits per heavy atom. The molecule has 0 spiro atoms. The third-order valence-corrected chi connectivity index (χ3v) is 1.76. The Kier molecular flexibility index (Phi) is 2.80. The second-order valence-electron chi connectivity index (χ2n) is 2.66. The van der Waals surface area contributed by atoms with E-state index in [4.69, 9.17) is 0 Å². The minimum Gasteiger partial charge on any atom is -0.319 e. The van der Waals surface area contributed by atoms with Crippen LogP contribution in [0.15, 0.2) is 30.3 Å². The first-order chi connectivity index (χ1) is 6.42. The molecule has 0 atom stereocenters. The molecule has 0 aliphatic carbocycles. The van der Waals surface area contributed by atoms with Gasteiger partial charge in [0.25, 0.3) is 0 Å². The van der Waals surface area contributed by atoms with E-state index in [-0.39, 0.29) is 0 Å². The molecule has 1 rings (SSSR count). The first-order valence-electron chi connectivity index (χ1n) is 3.78. The Hall–Kier alpha value is -1.10. The summed E-state index contributed by atoms with van der Waals surface area (Å²) in [6, 6.07) is 5.83. The summed E-state index contributed by atoms with van der Waals surface area (Å²) in [5.74, 6) is -4.32. The van der Waals surface area contributed by atoms with Crippen LogP contribution in [0.5, 0.6) is 0 Å². The molecular formula is C9H8F4O. The number of rotatable bonds is 3. The van der Waals surface area contributed by atoms with Gasteiger partial charge in [0, 0.05) is 12.7 Å². The lowest BCUT2D eigenvalue weighted by atomic mass is 10.1.